The number of para-hydroxylation sites is 1. The van der Waals surface area contributed by atoms with Gasteiger partial charge >= 0.3 is 6.09 Å². The molecule has 2 aromatic rings. The number of carbonyl (C=O) groups is 3. The standard InChI is InChI=1S/C28H40N6O5/c1-27(2,3)39-26(37)34-12-10-28(38,11-13-34)18-32-14-16-33(17-15-32)21-7-5-6-19-23(30-31(4)24(19)21)20-8-9-22(35)29-25(20)36/h5-7,20,38H,8-18H2,1-4H3,(H,29,35,36). The van der Waals surface area contributed by atoms with Crippen molar-refractivity contribution in [1.29, 1.82) is 0 Å². The number of carbonyl (C=O) groups excluding carboxylic acids is 3. The number of nitrogens with one attached hydrogen (secondary N) is 1. The van der Waals surface area contributed by atoms with E-state index >= 15 is 0 Å². The Bertz CT molecular complexity index is 1250. The van der Waals surface area contributed by atoms with Gasteiger partial charge in [-0.1, -0.05) is 12.1 Å². The Morgan fingerprint density at radius 3 is 2.46 bits per heavy atom. The molecule has 4 heterocycles. The summed E-state index contributed by atoms with van der Waals surface area (Å²) in [4.78, 5) is 42.9. The summed E-state index contributed by atoms with van der Waals surface area (Å²) >= 11 is 0. The van der Waals surface area contributed by atoms with Crippen molar-refractivity contribution in [1.82, 2.24) is 24.9 Å². The average molecular weight is 541 g/mol. The molecule has 3 aliphatic rings. The second-order valence-electron chi connectivity index (χ2n) is 12.1. The van der Waals surface area contributed by atoms with Gasteiger partial charge < -0.3 is 19.6 Å². The van der Waals surface area contributed by atoms with Crippen LogP contribution < -0.4 is 10.2 Å². The number of aryl methyl sites for hydroxylation is 1. The van der Waals surface area contributed by atoms with Crippen LogP contribution in [-0.2, 0) is 21.4 Å². The van der Waals surface area contributed by atoms with Gasteiger partial charge in [0.1, 0.15) is 5.60 Å². The molecule has 11 heteroatoms. The third-order valence-electron chi connectivity index (χ3n) is 8.02. The number of likely N-dealkylation sites (tertiary alicyclic amines) is 1. The molecule has 1 aromatic heterocycles. The number of hydrogen-bond donors (Lipinski definition) is 2. The summed E-state index contributed by atoms with van der Waals surface area (Å²) in [6.07, 6.45) is 1.54. The van der Waals surface area contributed by atoms with Gasteiger partial charge in [0.2, 0.25) is 11.8 Å². The third-order valence-corrected chi connectivity index (χ3v) is 8.02. The van der Waals surface area contributed by atoms with E-state index in [2.05, 4.69) is 21.2 Å². The minimum Gasteiger partial charge on any atom is -0.444 e. The first-order valence-corrected chi connectivity index (χ1v) is 13.9. The van der Waals surface area contributed by atoms with Gasteiger partial charge in [0.15, 0.2) is 0 Å². The number of anilines is 1. The quantitative estimate of drug-likeness (QED) is 0.565. The van der Waals surface area contributed by atoms with Crippen LogP contribution in [0, 0.1) is 0 Å². The number of piperidine rings is 2. The van der Waals surface area contributed by atoms with Gasteiger partial charge in [-0.2, -0.15) is 5.10 Å². The second kappa shape index (κ2) is 10.4. The summed E-state index contributed by atoms with van der Waals surface area (Å²) < 4.78 is 7.33. The van der Waals surface area contributed by atoms with Gasteiger partial charge in [-0.3, -0.25) is 24.5 Å². The van der Waals surface area contributed by atoms with E-state index in [1.165, 1.54) is 0 Å². The van der Waals surface area contributed by atoms with Crippen molar-refractivity contribution < 1.29 is 24.2 Å². The normalized spacial score (nSPS) is 22.7. The zero-order valence-corrected chi connectivity index (χ0v) is 23.4. The molecular formula is C28H40N6O5. The molecule has 11 nitrogen and oxygen atoms in total. The lowest BCUT2D eigenvalue weighted by molar-refractivity contribution is -0.134. The number of benzene rings is 1. The van der Waals surface area contributed by atoms with Crippen LogP contribution in [0.25, 0.3) is 10.9 Å². The molecule has 0 aliphatic carbocycles. The Morgan fingerprint density at radius 2 is 1.82 bits per heavy atom. The highest BCUT2D eigenvalue weighted by Crippen LogP contribution is 2.35. The average Bonchev–Trinajstić information content (AvgIpc) is 3.20. The van der Waals surface area contributed by atoms with Crippen molar-refractivity contribution >= 4 is 34.5 Å². The maximum absolute atomic E-state index is 12.5. The Hall–Kier alpha value is -3.18. The highest BCUT2D eigenvalue weighted by Gasteiger charge is 2.38. The summed E-state index contributed by atoms with van der Waals surface area (Å²) in [6.45, 7) is 10.4. The van der Waals surface area contributed by atoms with Crippen LogP contribution in [-0.4, -0.2) is 99.6 Å². The third kappa shape index (κ3) is 5.89. The number of nitrogens with zero attached hydrogens (tertiary/aromatic N) is 5. The van der Waals surface area contributed by atoms with Crippen molar-refractivity contribution in [2.75, 3.05) is 50.7 Å². The summed E-state index contributed by atoms with van der Waals surface area (Å²) in [5.74, 6) is -0.936. The highest BCUT2D eigenvalue weighted by atomic mass is 16.6. The molecule has 3 saturated heterocycles. The lowest BCUT2D eigenvalue weighted by atomic mass is 9.90. The minimum absolute atomic E-state index is 0.228. The SMILES string of the molecule is Cn1nc(C2CCC(=O)NC2=O)c2cccc(N3CCN(CC4(O)CCN(C(=O)OC(C)(C)C)CC4)CC3)c21. The molecule has 0 saturated carbocycles. The second-order valence-corrected chi connectivity index (χ2v) is 12.1. The van der Waals surface area contributed by atoms with Crippen molar-refractivity contribution in [2.45, 2.75) is 63.6 Å². The number of β-amino-alcohol motifs (C(OH)–C–C–N with tert-alkyl or cyclic N) is 1. The van der Waals surface area contributed by atoms with E-state index in [1.807, 2.05) is 44.6 Å². The first-order chi connectivity index (χ1) is 18.4. The predicted octanol–water partition coefficient (Wildman–Crippen LogP) is 1.98. The van der Waals surface area contributed by atoms with Gasteiger partial charge in [-0.15, -0.1) is 0 Å². The van der Waals surface area contributed by atoms with Crippen LogP contribution in [0.5, 0.6) is 0 Å². The van der Waals surface area contributed by atoms with Crippen molar-refractivity contribution in [3.63, 3.8) is 0 Å². The number of piperazine rings is 1. The van der Waals surface area contributed by atoms with E-state index in [1.54, 1.807) is 4.90 Å². The molecule has 5 rings (SSSR count). The zero-order chi connectivity index (χ0) is 27.9. The Kier molecular flexibility index (Phi) is 7.32. The number of fused-ring (bicyclic) bond motifs is 1. The number of imide groups is 1. The fourth-order valence-electron chi connectivity index (χ4n) is 5.96. The van der Waals surface area contributed by atoms with Gasteiger partial charge in [-0.25, -0.2) is 4.79 Å². The van der Waals surface area contributed by atoms with Crippen molar-refractivity contribution in [2.24, 2.45) is 7.05 Å². The van der Waals surface area contributed by atoms with Crippen LogP contribution in [0.4, 0.5) is 10.5 Å². The highest BCUT2D eigenvalue weighted by molar-refractivity contribution is 6.03. The molecular weight excluding hydrogens is 500 g/mol. The lowest BCUT2D eigenvalue weighted by Crippen LogP contribution is -2.56. The minimum atomic E-state index is -0.820. The van der Waals surface area contributed by atoms with Gasteiger partial charge in [-0.05, 0) is 46.1 Å². The topological polar surface area (TPSA) is 120 Å². The number of amides is 3. The molecule has 1 atom stereocenters. The van der Waals surface area contributed by atoms with Crippen LogP contribution in [0.1, 0.15) is 58.1 Å². The molecule has 39 heavy (non-hydrogen) atoms. The lowest BCUT2D eigenvalue weighted by Gasteiger charge is -2.43. The molecule has 3 amide bonds. The Balaban J connectivity index is 1.21. The van der Waals surface area contributed by atoms with E-state index in [0.29, 0.717) is 45.3 Å². The van der Waals surface area contributed by atoms with Gasteiger partial charge in [0.25, 0.3) is 0 Å². The number of ether oxygens (including phenoxy) is 1. The zero-order valence-electron chi connectivity index (χ0n) is 23.4. The van der Waals surface area contributed by atoms with Crippen molar-refractivity contribution in [3.8, 4) is 0 Å². The monoisotopic (exact) mass is 540 g/mol. The van der Waals surface area contributed by atoms with E-state index in [4.69, 9.17) is 9.84 Å². The maximum Gasteiger partial charge on any atom is 0.410 e. The van der Waals surface area contributed by atoms with E-state index in [9.17, 15) is 19.5 Å². The smallest absolute Gasteiger partial charge is 0.410 e. The molecule has 1 unspecified atom stereocenters. The first-order valence-electron chi connectivity index (χ1n) is 13.9. The maximum atomic E-state index is 12.5. The fourth-order valence-corrected chi connectivity index (χ4v) is 5.96. The van der Waals surface area contributed by atoms with E-state index < -0.39 is 17.1 Å². The van der Waals surface area contributed by atoms with Crippen LogP contribution in [0.15, 0.2) is 18.2 Å². The van der Waals surface area contributed by atoms with E-state index in [-0.39, 0.29) is 17.9 Å². The molecule has 212 valence electrons. The summed E-state index contributed by atoms with van der Waals surface area (Å²) in [5, 5.41) is 19.4. The molecule has 0 spiro atoms. The summed E-state index contributed by atoms with van der Waals surface area (Å²) in [6, 6.07) is 6.09. The molecule has 2 N–H and O–H groups in total. The van der Waals surface area contributed by atoms with Crippen LogP contribution >= 0.6 is 0 Å². The van der Waals surface area contributed by atoms with E-state index in [0.717, 1.165) is 48.5 Å². The largest absolute Gasteiger partial charge is 0.444 e. The molecule has 3 fully saturated rings. The number of aliphatic hydroxyl groups is 1. The molecule has 3 aliphatic heterocycles. The molecule has 0 radical (unpaired) electrons. The number of rotatable bonds is 4. The molecule has 0 bridgehead atoms. The number of hydrogen-bond acceptors (Lipinski definition) is 8. The molecule has 1 aromatic carbocycles. The first kappa shape index (κ1) is 27.4. The van der Waals surface area contributed by atoms with Crippen LogP contribution in [0.2, 0.25) is 0 Å². The predicted molar refractivity (Wildman–Crippen MR) is 146 cm³/mol. The summed E-state index contributed by atoms with van der Waals surface area (Å²) in [7, 11) is 1.90. The van der Waals surface area contributed by atoms with Gasteiger partial charge in [0.05, 0.1) is 28.4 Å². The fraction of sp³-hybridized carbons (Fsp3) is 0.643. The van der Waals surface area contributed by atoms with Crippen molar-refractivity contribution in [3.05, 3.63) is 23.9 Å². The Morgan fingerprint density at radius 1 is 1.13 bits per heavy atom. The Labute approximate surface area is 229 Å². The number of aromatic nitrogens is 2. The van der Waals surface area contributed by atoms with Crippen LogP contribution in [0.3, 0.4) is 0 Å². The van der Waals surface area contributed by atoms with Gasteiger partial charge in [0, 0.05) is 64.7 Å². The summed E-state index contributed by atoms with van der Waals surface area (Å²) in [5.41, 5.74) is 1.43.